The van der Waals surface area contributed by atoms with E-state index < -0.39 is 0 Å². The van der Waals surface area contributed by atoms with E-state index in [-0.39, 0.29) is 17.1 Å². The largest absolute Gasteiger partial charge is 0.349 e. The number of thiazole rings is 1. The maximum absolute atomic E-state index is 11.6. The zero-order valence-electron chi connectivity index (χ0n) is 9.15. The zero-order valence-corrected chi connectivity index (χ0v) is 10.9. The molecule has 0 radical (unpaired) electrons. The minimum absolute atomic E-state index is 0.0287. The first kappa shape index (κ1) is 12.5. The van der Waals surface area contributed by atoms with Gasteiger partial charge >= 0.3 is 0 Å². The van der Waals surface area contributed by atoms with E-state index in [4.69, 9.17) is 0 Å². The third kappa shape index (κ3) is 3.83. The summed E-state index contributed by atoms with van der Waals surface area (Å²) in [6.45, 7) is 6.40. The average molecular weight is 244 g/mol. The lowest BCUT2D eigenvalue weighted by molar-refractivity contribution is -0.121. The average Bonchev–Trinajstić information content (AvgIpc) is 2.59. The molecule has 84 valence electrons. The molecule has 0 aliphatic heterocycles. The maximum Gasteiger partial charge on any atom is 0.233 e. The molecule has 1 aromatic rings. The monoisotopic (exact) mass is 244 g/mol. The smallest absolute Gasteiger partial charge is 0.233 e. The molecule has 1 amide bonds. The molecule has 3 nitrogen and oxygen atoms in total. The Morgan fingerprint density at radius 2 is 2.33 bits per heavy atom. The van der Waals surface area contributed by atoms with E-state index in [0.717, 1.165) is 10.7 Å². The lowest BCUT2D eigenvalue weighted by Crippen LogP contribution is -2.34. The van der Waals surface area contributed by atoms with Crippen molar-refractivity contribution in [2.24, 2.45) is 5.92 Å². The van der Waals surface area contributed by atoms with Gasteiger partial charge < -0.3 is 5.32 Å². The molecule has 15 heavy (non-hydrogen) atoms. The number of amides is 1. The molecule has 0 fully saturated rings. The predicted molar refractivity (Wildman–Crippen MR) is 66.3 cm³/mol. The molecule has 0 saturated heterocycles. The topological polar surface area (TPSA) is 42.0 Å². The maximum atomic E-state index is 11.6. The highest BCUT2D eigenvalue weighted by atomic mass is 32.1. The number of hydrogen-bond acceptors (Lipinski definition) is 4. The van der Waals surface area contributed by atoms with Gasteiger partial charge in [-0.1, -0.05) is 13.8 Å². The van der Waals surface area contributed by atoms with Crippen molar-refractivity contribution in [2.75, 3.05) is 0 Å². The van der Waals surface area contributed by atoms with E-state index >= 15 is 0 Å². The molecule has 0 saturated carbocycles. The van der Waals surface area contributed by atoms with Crippen LogP contribution in [0.4, 0.5) is 0 Å². The van der Waals surface area contributed by atoms with Gasteiger partial charge in [0.05, 0.1) is 22.5 Å². The molecule has 0 spiro atoms. The minimum Gasteiger partial charge on any atom is -0.349 e. The molecule has 0 aliphatic rings. The quantitative estimate of drug-likeness (QED) is 0.796. The van der Waals surface area contributed by atoms with E-state index in [1.165, 1.54) is 0 Å². The summed E-state index contributed by atoms with van der Waals surface area (Å²) in [7, 11) is 0. The number of hydrogen-bond donors (Lipinski definition) is 2. The van der Waals surface area contributed by atoms with Gasteiger partial charge in [-0.2, -0.15) is 12.6 Å². The molecule has 1 heterocycles. The van der Waals surface area contributed by atoms with Crippen LogP contribution < -0.4 is 5.32 Å². The van der Waals surface area contributed by atoms with Crippen molar-refractivity contribution >= 4 is 29.9 Å². The first-order chi connectivity index (χ1) is 7.00. The van der Waals surface area contributed by atoms with Crippen molar-refractivity contribution in [1.29, 1.82) is 0 Å². The predicted octanol–water partition coefficient (Wildman–Crippen LogP) is 2.02. The van der Waals surface area contributed by atoms with E-state index in [9.17, 15) is 4.79 Å². The number of nitrogens with one attached hydrogen (secondary N) is 1. The van der Waals surface area contributed by atoms with Crippen LogP contribution in [0.3, 0.4) is 0 Å². The molecule has 1 atom stereocenters. The van der Waals surface area contributed by atoms with E-state index in [1.807, 2.05) is 26.2 Å². The van der Waals surface area contributed by atoms with E-state index in [2.05, 4.69) is 22.9 Å². The highest BCUT2D eigenvalue weighted by molar-refractivity contribution is 7.81. The van der Waals surface area contributed by atoms with Gasteiger partial charge in [-0.15, -0.1) is 11.3 Å². The van der Waals surface area contributed by atoms with Gasteiger partial charge in [0.15, 0.2) is 0 Å². The molecule has 1 aromatic heterocycles. The van der Waals surface area contributed by atoms with Crippen LogP contribution in [-0.2, 0) is 11.3 Å². The van der Waals surface area contributed by atoms with Crippen LogP contribution in [0.2, 0.25) is 0 Å². The highest BCUT2D eigenvalue weighted by Gasteiger charge is 2.17. The standard InChI is InChI=1S/C10H16N2OS2/c1-6(2)9(14)10(13)11-4-8-5-15-7(3)12-8/h5-6,9,14H,4H2,1-3H3,(H,11,13). The summed E-state index contributed by atoms with van der Waals surface area (Å²) in [5.74, 6) is 0.212. The van der Waals surface area contributed by atoms with Crippen LogP contribution in [0.25, 0.3) is 0 Å². The number of aromatic nitrogens is 1. The van der Waals surface area contributed by atoms with Gasteiger partial charge in [0, 0.05) is 5.38 Å². The SMILES string of the molecule is Cc1nc(CNC(=O)C(S)C(C)C)cs1. The second kappa shape index (κ2) is 5.51. The summed E-state index contributed by atoms with van der Waals surface area (Å²) >= 11 is 5.83. The highest BCUT2D eigenvalue weighted by Crippen LogP contribution is 2.10. The molecule has 5 heteroatoms. The number of rotatable bonds is 4. The Balaban J connectivity index is 2.40. The molecule has 1 unspecified atom stereocenters. The molecule has 1 N–H and O–H groups in total. The van der Waals surface area contributed by atoms with Crippen LogP contribution in [0.15, 0.2) is 5.38 Å². The Kier molecular flexibility index (Phi) is 4.60. The summed E-state index contributed by atoms with van der Waals surface area (Å²) in [6.07, 6.45) is 0. The van der Waals surface area contributed by atoms with Gasteiger partial charge in [-0.05, 0) is 12.8 Å². The molecule has 0 bridgehead atoms. The van der Waals surface area contributed by atoms with E-state index in [1.54, 1.807) is 11.3 Å². The number of thiol groups is 1. The summed E-state index contributed by atoms with van der Waals surface area (Å²) in [6, 6.07) is 0. The van der Waals surface area contributed by atoms with Crippen molar-refractivity contribution in [2.45, 2.75) is 32.6 Å². The van der Waals surface area contributed by atoms with Crippen LogP contribution >= 0.6 is 24.0 Å². The van der Waals surface area contributed by atoms with Crippen LogP contribution in [0, 0.1) is 12.8 Å². The Morgan fingerprint density at radius 1 is 1.67 bits per heavy atom. The number of aryl methyl sites for hydroxylation is 1. The van der Waals surface area contributed by atoms with Crippen molar-refractivity contribution in [3.63, 3.8) is 0 Å². The Hall–Kier alpha value is -0.550. The lowest BCUT2D eigenvalue weighted by Gasteiger charge is -2.13. The fourth-order valence-corrected chi connectivity index (χ4v) is 1.78. The minimum atomic E-state index is -0.246. The number of carbonyl (C=O) groups excluding carboxylic acids is 1. The second-order valence-electron chi connectivity index (χ2n) is 3.76. The summed E-state index contributed by atoms with van der Waals surface area (Å²) < 4.78 is 0. The van der Waals surface area contributed by atoms with Crippen molar-refractivity contribution < 1.29 is 4.79 Å². The van der Waals surface area contributed by atoms with E-state index in [0.29, 0.717) is 6.54 Å². The van der Waals surface area contributed by atoms with Gasteiger partial charge in [0.25, 0.3) is 0 Å². The molecule has 0 aliphatic carbocycles. The van der Waals surface area contributed by atoms with Gasteiger partial charge in [0.1, 0.15) is 0 Å². The van der Waals surface area contributed by atoms with Crippen molar-refractivity contribution in [3.8, 4) is 0 Å². The van der Waals surface area contributed by atoms with Gasteiger partial charge in [-0.25, -0.2) is 4.98 Å². The summed E-state index contributed by atoms with van der Waals surface area (Å²) in [4.78, 5) is 15.8. The zero-order chi connectivity index (χ0) is 11.4. The fourth-order valence-electron chi connectivity index (χ4n) is 1.07. The lowest BCUT2D eigenvalue weighted by atomic mass is 10.1. The Labute approximate surface area is 99.7 Å². The first-order valence-electron chi connectivity index (χ1n) is 4.87. The first-order valence-corrected chi connectivity index (χ1v) is 6.27. The Morgan fingerprint density at radius 3 is 2.80 bits per heavy atom. The fraction of sp³-hybridized carbons (Fsp3) is 0.600. The summed E-state index contributed by atoms with van der Waals surface area (Å²) in [5.41, 5.74) is 0.912. The van der Waals surface area contributed by atoms with Crippen LogP contribution in [-0.4, -0.2) is 16.1 Å². The third-order valence-corrected chi connectivity index (χ3v) is 3.66. The molecule has 1 rings (SSSR count). The van der Waals surface area contributed by atoms with Gasteiger partial charge in [-0.3, -0.25) is 4.79 Å². The summed E-state index contributed by atoms with van der Waals surface area (Å²) in [5, 5.41) is 5.55. The number of nitrogens with zero attached hydrogens (tertiary/aromatic N) is 1. The molecular formula is C10H16N2OS2. The van der Waals surface area contributed by atoms with Gasteiger partial charge in [0.2, 0.25) is 5.91 Å². The van der Waals surface area contributed by atoms with Crippen molar-refractivity contribution in [1.82, 2.24) is 10.3 Å². The Bertz CT molecular complexity index is 336. The van der Waals surface area contributed by atoms with Crippen LogP contribution in [0.1, 0.15) is 24.5 Å². The van der Waals surface area contributed by atoms with Crippen LogP contribution in [0.5, 0.6) is 0 Å². The normalized spacial score (nSPS) is 12.9. The number of carbonyl (C=O) groups is 1. The second-order valence-corrected chi connectivity index (χ2v) is 5.38. The molecular weight excluding hydrogens is 228 g/mol. The third-order valence-electron chi connectivity index (χ3n) is 2.01. The molecule has 0 aromatic carbocycles. The van der Waals surface area contributed by atoms with Crippen molar-refractivity contribution in [3.05, 3.63) is 16.1 Å².